The molecule has 1 aromatic heterocycles. The zero-order valence-electron chi connectivity index (χ0n) is 10.3. The predicted octanol–water partition coefficient (Wildman–Crippen LogP) is 3.96. The first-order valence-electron chi connectivity index (χ1n) is 5.85. The molecule has 94 valence electrons. The Kier molecular flexibility index (Phi) is 13.0. The first-order chi connectivity index (χ1) is 7.81. The highest BCUT2D eigenvalue weighted by molar-refractivity contribution is 7.80. The lowest BCUT2D eigenvalue weighted by atomic mass is 10.3. The molecule has 2 nitrogen and oxygen atoms in total. The van der Waals surface area contributed by atoms with E-state index in [1.165, 1.54) is 24.1 Å². The Labute approximate surface area is 109 Å². The molecule has 4 heteroatoms. The molecule has 0 spiro atoms. The normalized spacial score (nSPS) is 9.69. The molecule has 0 fully saturated rings. The third-order valence-corrected chi connectivity index (χ3v) is 2.87. The summed E-state index contributed by atoms with van der Waals surface area (Å²) in [6, 6.07) is 0. The number of aryl methyl sites for hydroxylation is 1. The van der Waals surface area contributed by atoms with Crippen LogP contribution in [0.2, 0.25) is 0 Å². The van der Waals surface area contributed by atoms with Crippen molar-refractivity contribution in [1.29, 1.82) is 0 Å². The number of ether oxygens (including phenoxy) is 1. The maximum absolute atomic E-state index is 5.30. The molecule has 0 aliphatic heterocycles. The Morgan fingerprint density at radius 2 is 2.12 bits per heavy atom. The van der Waals surface area contributed by atoms with Gasteiger partial charge in [0.15, 0.2) is 0 Å². The Bertz CT molecular complexity index is 207. The summed E-state index contributed by atoms with van der Waals surface area (Å²) >= 11 is 5.79. The molecule has 0 radical (unpaired) electrons. The van der Waals surface area contributed by atoms with Crippen molar-refractivity contribution in [3.63, 3.8) is 0 Å². The number of hydrogen-bond donors (Lipinski definition) is 1. The van der Waals surface area contributed by atoms with Gasteiger partial charge in [-0.3, -0.25) is 4.98 Å². The van der Waals surface area contributed by atoms with Crippen LogP contribution in [0.3, 0.4) is 0 Å². The predicted molar refractivity (Wildman–Crippen MR) is 75.7 cm³/mol. The average Bonchev–Trinajstić information content (AvgIpc) is 2.75. The smallest absolute Gasteiger partial charge is 0.0794 e. The van der Waals surface area contributed by atoms with E-state index in [1.807, 2.05) is 18.6 Å². The van der Waals surface area contributed by atoms with Gasteiger partial charge < -0.3 is 4.74 Å². The van der Waals surface area contributed by atoms with Crippen molar-refractivity contribution in [2.45, 2.75) is 39.5 Å². The van der Waals surface area contributed by atoms with Gasteiger partial charge in [0.05, 0.1) is 5.51 Å². The molecule has 0 unspecified atom stereocenters. The highest BCUT2D eigenvalue weighted by Gasteiger charge is 1.87. The van der Waals surface area contributed by atoms with E-state index in [-0.39, 0.29) is 0 Å². The first-order valence-corrected chi connectivity index (χ1v) is 7.36. The fourth-order valence-corrected chi connectivity index (χ4v) is 1.65. The van der Waals surface area contributed by atoms with Gasteiger partial charge in [0.2, 0.25) is 0 Å². The third kappa shape index (κ3) is 12.0. The summed E-state index contributed by atoms with van der Waals surface area (Å²) in [5.41, 5.74) is 1.83. The fourth-order valence-electron chi connectivity index (χ4n) is 1.02. The number of thiazole rings is 1. The van der Waals surface area contributed by atoms with E-state index in [0.717, 1.165) is 25.4 Å². The lowest BCUT2D eigenvalue weighted by molar-refractivity contribution is 0.131. The summed E-state index contributed by atoms with van der Waals surface area (Å²) in [5.74, 6) is 1.01. The van der Waals surface area contributed by atoms with Crippen molar-refractivity contribution in [3.8, 4) is 0 Å². The fraction of sp³-hybridized carbons (Fsp3) is 0.750. The Hall–Kier alpha value is -0.0600. The SMILES string of the molecule is CCCOCCCCCS.Cc1cncs1. The molecule has 0 aliphatic rings. The van der Waals surface area contributed by atoms with Crippen molar-refractivity contribution >= 4 is 24.0 Å². The summed E-state index contributed by atoms with van der Waals surface area (Å²) in [5, 5.41) is 0. The van der Waals surface area contributed by atoms with Gasteiger partial charge in [0.1, 0.15) is 0 Å². The van der Waals surface area contributed by atoms with E-state index in [9.17, 15) is 0 Å². The van der Waals surface area contributed by atoms with E-state index in [1.54, 1.807) is 11.3 Å². The highest BCUT2D eigenvalue weighted by Crippen LogP contribution is 1.99. The van der Waals surface area contributed by atoms with Crippen LogP contribution in [0.1, 0.15) is 37.5 Å². The topological polar surface area (TPSA) is 22.1 Å². The number of unbranched alkanes of at least 4 members (excludes halogenated alkanes) is 2. The maximum Gasteiger partial charge on any atom is 0.0794 e. The first kappa shape index (κ1) is 15.9. The van der Waals surface area contributed by atoms with Gasteiger partial charge in [-0.15, -0.1) is 11.3 Å². The lowest BCUT2D eigenvalue weighted by Gasteiger charge is -2.00. The molecule has 0 aromatic carbocycles. The van der Waals surface area contributed by atoms with Crippen LogP contribution in [0.4, 0.5) is 0 Å². The lowest BCUT2D eigenvalue weighted by Crippen LogP contribution is -1.95. The number of hydrogen-bond acceptors (Lipinski definition) is 4. The number of thiol groups is 1. The molecule has 0 aliphatic carbocycles. The monoisotopic (exact) mass is 261 g/mol. The molecule has 0 N–H and O–H groups in total. The molecular weight excluding hydrogens is 238 g/mol. The molecule has 1 heterocycles. The van der Waals surface area contributed by atoms with E-state index in [0.29, 0.717) is 0 Å². The van der Waals surface area contributed by atoms with Crippen LogP contribution in [0.15, 0.2) is 11.7 Å². The van der Waals surface area contributed by atoms with Gasteiger partial charge in [-0.25, -0.2) is 0 Å². The van der Waals surface area contributed by atoms with Crippen LogP contribution in [-0.4, -0.2) is 24.0 Å². The van der Waals surface area contributed by atoms with Crippen molar-refractivity contribution in [2.75, 3.05) is 19.0 Å². The van der Waals surface area contributed by atoms with Crippen molar-refractivity contribution < 1.29 is 4.74 Å². The molecule has 0 saturated heterocycles. The number of aromatic nitrogens is 1. The van der Waals surface area contributed by atoms with Crippen LogP contribution in [0.25, 0.3) is 0 Å². The second kappa shape index (κ2) is 13.0. The molecule has 0 saturated carbocycles. The minimum Gasteiger partial charge on any atom is -0.381 e. The second-order valence-corrected chi connectivity index (χ2v) is 5.05. The molecular formula is C12H23NOS2. The van der Waals surface area contributed by atoms with Crippen LogP contribution in [0.5, 0.6) is 0 Å². The third-order valence-electron chi connectivity index (χ3n) is 1.85. The Morgan fingerprint density at radius 1 is 1.31 bits per heavy atom. The van der Waals surface area contributed by atoms with Crippen LogP contribution in [-0.2, 0) is 4.74 Å². The van der Waals surface area contributed by atoms with Crippen molar-refractivity contribution in [3.05, 3.63) is 16.6 Å². The van der Waals surface area contributed by atoms with Crippen molar-refractivity contribution in [1.82, 2.24) is 4.98 Å². The molecule has 16 heavy (non-hydrogen) atoms. The zero-order chi connectivity index (χ0) is 12.1. The van der Waals surface area contributed by atoms with Gasteiger partial charge in [0, 0.05) is 24.3 Å². The standard InChI is InChI=1S/C8H18OS.C4H5NS/c1-2-6-9-7-4-3-5-8-10;1-4-2-5-3-6-4/h10H,2-8H2,1H3;2-3H,1H3. The van der Waals surface area contributed by atoms with Crippen LogP contribution in [0, 0.1) is 6.92 Å². The maximum atomic E-state index is 5.30. The summed E-state index contributed by atoms with van der Waals surface area (Å²) in [6.07, 6.45) is 6.66. The Morgan fingerprint density at radius 3 is 2.56 bits per heavy atom. The molecule has 0 amide bonds. The highest BCUT2D eigenvalue weighted by atomic mass is 32.1. The van der Waals surface area contributed by atoms with Gasteiger partial charge in [-0.05, 0) is 31.9 Å². The largest absolute Gasteiger partial charge is 0.381 e. The van der Waals surface area contributed by atoms with Gasteiger partial charge >= 0.3 is 0 Å². The number of rotatable bonds is 7. The molecule has 0 bridgehead atoms. The second-order valence-electron chi connectivity index (χ2n) is 3.51. The Balaban J connectivity index is 0.000000315. The number of nitrogens with zero attached hydrogens (tertiary/aromatic N) is 1. The summed E-state index contributed by atoms with van der Waals surface area (Å²) in [6.45, 7) is 6.02. The summed E-state index contributed by atoms with van der Waals surface area (Å²) in [4.78, 5) is 5.11. The average molecular weight is 261 g/mol. The van der Waals surface area contributed by atoms with E-state index >= 15 is 0 Å². The van der Waals surface area contributed by atoms with E-state index in [4.69, 9.17) is 4.74 Å². The van der Waals surface area contributed by atoms with Crippen LogP contribution < -0.4 is 0 Å². The molecule has 1 aromatic rings. The zero-order valence-corrected chi connectivity index (χ0v) is 12.0. The summed E-state index contributed by atoms with van der Waals surface area (Å²) in [7, 11) is 0. The molecule has 0 atom stereocenters. The minimum absolute atomic E-state index is 0.918. The van der Waals surface area contributed by atoms with E-state index in [2.05, 4.69) is 24.5 Å². The van der Waals surface area contributed by atoms with Crippen LogP contribution >= 0.6 is 24.0 Å². The van der Waals surface area contributed by atoms with Gasteiger partial charge in [0.25, 0.3) is 0 Å². The van der Waals surface area contributed by atoms with E-state index < -0.39 is 0 Å². The van der Waals surface area contributed by atoms with Gasteiger partial charge in [-0.1, -0.05) is 13.3 Å². The summed E-state index contributed by atoms with van der Waals surface area (Å²) < 4.78 is 5.30. The van der Waals surface area contributed by atoms with Crippen molar-refractivity contribution in [2.24, 2.45) is 0 Å². The van der Waals surface area contributed by atoms with Gasteiger partial charge in [-0.2, -0.15) is 12.6 Å². The quantitative estimate of drug-likeness (QED) is 0.593. The molecule has 1 rings (SSSR count). The minimum atomic E-state index is 0.918.